The molecule has 1 N–H and O–H groups in total. The zero-order valence-corrected chi connectivity index (χ0v) is 14.2. The molecule has 134 valence electrons. The Labute approximate surface area is 145 Å². The highest BCUT2D eigenvalue weighted by Gasteiger charge is 2.35. The molecule has 0 aromatic heterocycles. The van der Waals surface area contributed by atoms with Gasteiger partial charge in [-0.05, 0) is 25.8 Å². The molecule has 1 aliphatic carbocycles. The van der Waals surface area contributed by atoms with Crippen LogP contribution in [0.2, 0.25) is 0 Å². The molecule has 2 fully saturated rings. The molecule has 0 bridgehead atoms. The fourth-order valence-electron chi connectivity index (χ4n) is 3.06. The molecule has 1 aromatic carbocycles. The predicted octanol–water partition coefficient (Wildman–Crippen LogP) is 1.48. The van der Waals surface area contributed by atoms with Crippen molar-refractivity contribution < 1.29 is 14.5 Å². The zero-order chi connectivity index (χ0) is 18.0. The van der Waals surface area contributed by atoms with Gasteiger partial charge in [-0.15, -0.1) is 0 Å². The summed E-state index contributed by atoms with van der Waals surface area (Å²) in [5.74, 6) is 0.166. The first-order valence-electron chi connectivity index (χ1n) is 8.54. The monoisotopic (exact) mass is 346 g/mol. The molecule has 8 heteroatoms. The molecule has 0 radical (unpaired) electrons. The van der Waals surface area contributed by atoms with Crippen LogP contribution in [0.25, 0.3) is 0 Å². The lowest BCUT2D eigenvalue weighted by molar-refractivity contribution is -0.383. The molecule has 2 aliphatic rings. The number of benzene rings is 1. The van der Waals surface area contributed by atoms with Gasteiger partial charge in [0.1, 0.15) is 5.69 Å². The Kier molecular flexibility index (Phi) is 4.98. The Morgan fingerprint density at radius 2 is 1.84 bits per heavy atom. The topological polar surface area (TPSA) is 95.8 Å². The van der Waals surface area contributed by atoms with Crippen molar-refractivity contribution >= 4 is 23.2 Å². The third kappa shape index (κ3) is 3.96. The standard InChI is InChI=1S/C17H22N4O4/c1-12(16(22)18-14-4-2-3-5-15(14)21(24)25)19-8-10-20(11-9-19)17(23)13-6-7-13/h2-5,12-13H,6-11H2,1H3,(H,18,22). The summed E-state index contributed by atoms with van der Waals surface area (Å²) in [6.45, 7) is 4.28. The fraction of sp³-hybridized carbons (Fsp3) is 0.529. The van der Waals surface area contributed by atoms with Crippen molar-refractivity contribution in [1.82, 2.24) is 9.80 Å². The smallest absolute Gasteiger partial charge is 0.292 e. The van der Waals surface area contributed by atoms with E-state index in [1.54, 1.807) is 19.1 Å². The van der Waals surface area contributed by atoms with Gasteiger partial charge in [-0.1, -0.05) is 12.1 Å². The first kappa shape index (κ1) is 17.3. The molecule has 1 atom stereocenters. The number of nitrogens with zero attached hydrogens (tertiary/aromatic N) is 3. The number of para-hydroxylation sites is 2. The number of hydrogen-bond donors (Lipinski definition) is 1. The number of carbonyl (C=O) groups is 2. The molecule has 1 aromatic rings. The third-order valence-corrected chi connectivity index (χ3v) is 4.84. The van der Waals surface area contributed by atoms with E-state index in [-0.39, 0.29) is 29.1 Å². The largest absolute Gasteiger partial charge is 0.340 e. The van der Waals surface area contributed by atoms with Crippen molar-refractivity contribution in [2.24, 2.45) is 5.92 Å². The summed E-state index contributed by atoms with van der Waals surface area (Å²) in [5, 5.41) is 13.7. The number of amides is 2. The van der Waals surface area contributed by atoms with E-state index < -0.39 is 11.0 Å². The molecule has 1 saturated heterocycles. The lowest BCUT2D eigenvalue weighted by atomic mass is 10.2. The molecule has 8 nitrogen and oxygen atoms in total. The first-order chi connectivity index (χ1) is 12.0. The maximum absolute atomic E-state index is 12.5. The van der Waals surface area contributed by atoms with E-state index >= 15 is 0 Å². The molecular formula is C17H22N4O4. The van der Waals surface area contributed by atoms with E-state index in [1.807, 2.05) is 9.80 Å². The van der Waals surface area contributed by atoms with Gasteiger partial charge < -0.3 is 10.2 Å². The van der Waals surface area contributed by atoms with Gasteiger partial charge in [0.25, 0.3) is 5.69 Å². The van der Waals surface area contributed by atoms with E-state index in [4.69, 9.17) is 0 Å². The van der Waals surface area contributed by atoms with Crippen LogP contribution in [0.15, 0.2) is 24.3 Å². The summed E-state index contributed by atoms with van der Waals surface area (Å²) in [4.78, 5) is 38.9. The Morgan fingerprint density at radius 3 is 2.44 bits per heavy atom. The Bertz CT molecular complexity index is 681. The quantitative estimate of drug-likeness (QED) is 0.643. The SMILES string of the molecule is CC(C(=O)Nc1ccccc1[N+](=O)[O-])N1CCN(C(=O)C2CC2)CC1. The number of anilines is 1. The minimum atomic E-state index is -0.511. The number of nitro benzene ring substituents is 1. The molecule has 3 rings (SSSR count). The number of nitro groups is 1. The van der Waals surface area contributed by atoms with Gasteiger partial charge in [-0.25, -0.2) is 0 Å². The molecule has 0 spiro atoms. The van der Waals surface area contributed by atoms with Crippen molar-refractivity contribution in [2.75, 3.05) is 31.5 Å². The molecule has 1 aliphatic heterocycles. The van der Waals surface area contributed by atoms with Crippen LogP contribution in [0.1, 0.15) is 19.8 Å². The van der Waals surface area contributed by atoms with Crippen LogP contribution in [-0.2, 0) is 9.59 Å². The Morgan fingerprint density at radius 1 is 1.20 bits per heavy atom. The van der Waals surface area contributed by atoms with Gasteiger partial charge in [-0.2, -0.15) is 0 Å². The fourth-order valence-corrected chi connectivity index (χ4v) is 3.06. The average Bonchev–Trinajstić information content (AvgIpc) is 3.46. The van der Waals surface area contributed by atoms with E-state index in [0.717, 1.165) is 12.8 Å². The molecule has 1 heterocycles. The number of hydrogen-bond acceptors (Lipinski definition) is 5. The number of nitrogens with one attached hydrogen (secondary N) is 1. The second kappa shape index (κ2) is 7.18. The highest BCUT2D eigenvalue weighted by atomic mass is 16.6. The summed E-state index contributed by atoms with van der Waals surface area (Å²) in [7, 11) is 0. The Hall–Kier alpha value is -2.48. The maximum Gasteiger partial charge on any atom is 0.292 e. The number of rotatable bonds is 5. The second-order valence-electron chi connectivity index (χ2n) is 6.58. The summed E-state index contributed by atoms with van der Waals surface area (Å²) in [5.41, 5.74) is 0.0785. The highest BCUT2D eigenvalue weighted by molar-refractivity contribution is 5.96. The van der Waals surface area contributed by atoms with Gasteiger partial charge in [0.15, 0.2) is 0 Å². The summed E-state index contributed by atoms with van der Waals surface area (Å²) in [6.07, 6.45) is 1.99. The van der Waals surface area contributed by atoms with Gasteiger partial charge in [-0.3, -0.25) is 24.6 Å². The minimum absolute atomic E-state index is 0.122. The summed E-state index contributed by atoms with van der Waals surface area (Å²) >= 11 is 0. The maximum atomic E-state index is 12.5. The van der Waals surface area contributed by atoms with Crippen molar-refractivity contribution in [2.45, 2.75) is 25.8 Å². The Balaban J connectivity index is 1.56. The van der Waals surface area contributed by atoms with Gasteiger partial charge in [0.2, 0.25) is 11.8 Å². The van der Waals surface area contributed by atoms with E-state index in [0.29, 0.717) is 26.2 Å². The van der Waals surface area contributed by atoms with Crippen LogP contribution in [0.5, 0.6) is 0 Å². The molecule has 25 heavy (non-hydrogen) atoms. The van der Waals surface area contributed by atoms with Gasteiger partial charge in [0.05, 0.1) is 11.0 Å². The lowest BCUT2D eigenvalue weighted by Gasteiger charge is -2.37. The van der Waals surface area contributed by atoms with Crippen molar-refractivity contribution in [3.63, 3.8) is 0 Å². The zero-order valence-electron chi connectivity index (χ0n) is 14.2. The van der Waals surface area contributed by atoms with Crippen LogP contribution < -0.4 is 5.32 Å². The van der Waals surface area contributed by atoms with Crippen molar-refractivity contribution in [3.05, 3.63) is 34.4 Å². The average molecular weight is 346 g/mol. The third-order valence-electron chi connectivity index (χ3n) is 4.84. The van der Waals surface area contributed by atoms with E-state index in [1.165, 1.54) is 12.1 Å². The molecule has 1 unspecified atom stereocenters. The van der Waals surface area contributed by atoms with Crippen molar-refractivity contribution in [3.8, 4) is 0 Å². The summed E-state index contributed by atoms with van der Waals surface area (Å²) < 4.78 is 0. The number of carbonyl (C=O) groups excluding carboxylic acids is 2. The number of piperazine rings is 1. The van der Waals surface area contributed by atoms with Crippen LogP contribution in [0.4, 0.5) is 11.4 Å². The first-order valence-corrected chi connectivity index (χ1v) is 8.54. The highest BCUT2D eigenvalue weighted by Crippen LogP contribution is 2.31. The normalized spacial score (nSPS) is 19.3. The lowest BCUT2D eigenvalue weighted by Crippen LogP contribution is -2.54. The van der Waals surface area contributed by atoms with E-state index in [9.17, 15) is 19.7 Å². The minimum Gasteiger partial charge on any atom is -0.340 e. The van der Waals surface area contributed by atoms with Crippen LogP contribution in [-0.4, -0.2) is 58.8 Å². The van der Waals surface area contributed by atoms with Crippen LogP contribution in [0.3, 0.4) is 0 Å². The van der Waals surface area contributed by atoms with Crippen molar-refractivity contribution in [1.29, 1.82) is 0 Å². The van der Waals surface area contributed by atoms with Crippen LogP contribution >= 0.6 is 0 Å². The molecule has 1 saturated carbocycles. The van der Waals surface area contributed by atoms with Crippen LogP contribution in [0, 0.1) is 16.0 Å². The molecule has 2 amide bonds. The summed E-state index contributed by atoms with van der Waals surface area (Å²) in [6, 6.07) is 5.68. The predicted molar refractivity (Wildman–Crippen MR) is 92.1 cm³/mol. The molecular weight excluding hydrogens is 324 g/mol. The van der Waals surface area contributed by atoms with Gasteiger partial charge in [0, 0.05) is 38.2 Å². The van der Waals surface area contributed by atoms with E-state index in [2.05, 4.69) is 5.32 Å². The van der Waals surface area contributed by atoms with Gasteiger partial charge >= 0.3 is 0 Å². The second-order valence-corrected chi connectivity index (χ2v) is 6.58.